The lowest BCUT2D eigenvalue weighted by Crippen LogP contribution is -2.90. The molecule has 2 aromatic carbocycles. The maximum atomic E-state index is 10.1. The fourth-order valence-electron chi connectivity index (χ4n) is 4.64. The Labute approximate surface area is 168 Å². The van der Waals surface area contributed by atoms with Gasteiger partial charge in [-0.15, -0.1) is 0 Å². The molecule has 2 aromatic rings. The fraction of sp³-hybridized carbons (Fsp3) is 0.318. The zero-order chi connectivity index (χ0) is 20.7. The van der Waals surface area contributed by atoms with E-state index in [4.69, 9.17) is 19.9 Å². The molecule has 7 nitrogen and oxygen atoms in total. The maximum absolute atomic E-state index is 10.1. The fourth-order valence-corrected chi connectivity index (χ4v) is 4.64. The van der Waals surface area contributed by atoms with Crippen LogP contribution in [0.1, 0.15) is 17.0 Å². The second-order valence-corrected chi connectivity index (χ2v) is 7.18. The Kier molecular flexibility index (Phi) is 4.31. The lowest BCUT2D eigenvalue weighted by Gasteiger charge is -2.26. The number of nitrogens with two attached hydrogens (primary N) is 1. The predicted molar refractivity (Wildman–Crippen MR) is 103 cm³/mol. The molecule has 3 N–H and O–H groups in total. The summed E-state index contributed by atoms with van der Waals surface area (Å²) in [6.07, 6.45) is 0. The largest absolute Gasteiger partial charge is 0.489 e. The van der Waals surface area contributed by atoms with Crippen LogP contribution in [0.4, 0.5) is 0 Å². The summed E-state index contributed by atoms with van der Waals surface area (Å²) in [7, 11) is 2.84. The summed E-state index contributed by atoms with van der Waals surface area (Å²) >= 11 is 0. The van der Waals surface area contributed by atoms with Gasteiger partial charge in [0.15, 0.2) is 10.8 Å². The van der Waals surface area contributed by atoms with Crippen molar-refractivity contribution in [3.05, 3.63) is 65.7 Å². The number of ether oxygens (including phenoxy) is 3. The van der Waals surface area contributed by atoms with Gasteiger partial charge >= 0.3 is 5.91 Å². The second kappa shape index (κ2) is 6.59. The molecule has 1 fully saturated rings. The van der Waals surface area contributed by atoms with E-state index in [-0.39, 0.29) is 5.84 Å². The molecule has 29 heavy (non-hydrogen) atoms. The molecule has 3 unspecified atom stereocenters. The molecule has 1 heterocycles. The molecular weight excluding hydrogens is 368 g/mol. The van der Waals surface area contributed by atoms with Gasteiger partial charge in [0, 0.05) is 20.1 Å². The van der Waals surface area contributed by atoms with Crippen molar-refractivity contribution in [2.24, 2.45) is 16.6 Å². The first-order valence-corrected chi connectivity index (χ1v) is 9.16. The highest BCUT2D eigenvalue weighted by molar-refractivity contribution is 5.95. The van der Waals surface area contributed by atoms with Crippen LogP contribution in [0.15, 0.2) is 54.6 Å². The summed E-state index contributed by atoms with van der Waals surface area (Å²) in [4.78, 5) is 2.88. The van der Waals surface area contributed by atoms with Crippen LogP contribution in [0, 0.1) is 33.5 Å². The van der Waals surface area contributed by atoms with Crippen molar-refractivity contribution in [2.75, 3.05) is 14.2 Å². The van der Waals surface area contributed by atoms with E-state index in [0.29, 0.717) is 12.4 Å². The number of hydrogen-bond acceptors (Lipinski definition) is 6. The molecule has 1 saturated carbocycles. The molecule has 0 spiro atoms. The van der Waals surface area contributed by atoms with Gasteiger partial charge in [0.05, 0.1) is 12.1 Å². The highest BCUT2D eigenvalue weighted by Crippen LogP contribution is 2.78. The number of nitrogens with zero attached hydrogens (tertiary/aromatic N) is 2. The number of nitriles is 2. The van der Waals surface area contributed by atoms with Crippen LogP contribution in [0.25, 0.3) is 0 Å². The first-order chi connectivity index (χ1) is 14.0. The number of amidine groups is 1. The Morgan fingerprint density at radius 3 is 2.38 bits per heavy atom. The Morgan fingerprint density at radius 2 is 1.76 bits per heavy atom. The number of benzene rings is 2. The van der Waals surface area contributed by atoms with E-state index in [1.54, 1.807) is 0 Å². The predicted octanol–water partition coefficient (Wildman–Crippen LogP) is 0.781. The van der Waals surface area contributed by atoms with Gasteiger partial charge in [0.1, 0.15) is 12.4 Å². The Morgan fingerprint density at radius 1 is 1.03 bits per heavy atom. The van der Waals surface area contributed by atoms with Crippen LogP contribution in [-0.4, -0.2) is 26.0 Å². The van der Waals surface area contributed by atoms with Crippen LogP contribution < -0.4 is 15.5 Å². The molecular formula is C22H21N4O3+. The Hall–Kier alpha value is -3.39. The lowest BCUT2D eigenvalue weighted by molar-refractivity contribution is -0.687. The topological polar surface area (TPSA) is 115 Å². The summed E-state index contributed by atoms with van der Waals surface area (Å²) in [5.41, 5.74) is 5.43. The van der Waals surface area contributed by atoms with Gasteiger partial charge in [0.25, 0.3) is 5.84 Å². The van der Waals surface area contributed by atoms with Gasteiger partial charge < -0.3 is 14.2 Å². The van der Waals surface area contributed by atoms with Crippen LogP contribution in [-0.2, 0) is 16.1 Å². The summed E-state index contributed by atoms with van der Waals surface area (Å²) < 4.78 is 17.0. The van der Waals surface area contributed by atoms with E-state index in [2.05, 4.69) is 17.1 Å². The molecule has 0 aromatic heterocycles. The SMILES string of the molecule is COC1(OC)[NH+]=C(N)C2(C#N)C(c3cccc(OCc4ccccc4)c3)C12C#N. The van der Waals surface area contributed by atoms with Crippen molar-refractivity contribution in [1.29, 1.82) is 10.5 Å². The van der Waals surface area contributed by atoms with Crippen LogP contribution in [0.2, 0.25) is 0 Å². The summed E-state index contributed by atoms with van der Waals surface area (Å²) in [6.45, 7) is 0.414. The van der Waals surface area contributed by atoms with Gasteiger partial charge in [0.2, 0.25) is 0 Å². The van der Waals surface area contributed by atoms with E-state index >= 15 is 0 Å². The van der Waals surface area contributed by atoms with Gasteiger partial charge in [-0.3, -0.25) is 5.73 Å². The molecule has 0 bridgehead atoms. The van der Waals surface area contributed by atoms with Crippen molar-refractivity contribution < 1.29 is 19.2 Å². The summed E-state index contributed by atoms with van der Waals surface area (Å²) in [6, 6.07) is 21.7. The molecule has 0 amide bonds. The Balaban J connectivity index is 1.70. The molecule has 146 valence electrons. The first kappa shape index (κ1) is 18.9. The van der Waals surface area contributed by atoms with E-state index in [9.17, 15) is 10.5 Å². The minimum absolute atomic E-state index is 0.172. The minimum atomic E-state index is -1.51. The van der Waals surface area contributed by atoms with E-state index < -0.39 is 22.7 Å². The average Bonchev–Trinajstić information content (AvgIpc) is 3.35. The van der Waals surface area contributed by atoms with Crippen molar-refractivity contribution in [3.8, 4) is 17.9 Å². The third kappa shape index (κ3) is 2.26. The van der Waals surface area contributed by atoms with E-state index in [0.717, 1.165) is 11.1 Å². The summed E-state index contributed by atoms with van der Waals surface area (Å²) in [5, 5.41) is 20.2. The number of rotatable bonds is 6. The first-order valence-electron chi connectivity index (χ1n) is 9.16. The molecule has 0 saturated heterocycles. The number of hydrogen-bond donors (Lipinski definition) is 2. The minimum Gasteiger partial charge on any atom is -0.489 e. The monoisotopic (exact) mass is 389 g/mol. The van der Waals surface area contributed by atoms with Crippen LogP contribution in [0.5, 0.6) is 5.75 Å². The molecule has 7 heteroatoms. The van der Waals surface area contributed by atoms with Gasteiger partial charge in [-0.1, -0.05) is 42.5 Å². The third-order valence-electron chi connectivity index (χ3n) is 6.02. The van der Waals surface area contributed by atoms with Crippen LogP contribution >= 0.6 is 0 Å². The highest BCUT2D eigenvalue weighted by Gasteiger charge is 2.96. The number of methoxy groups -OCH3 is 2. The molecule has 2 aliphatic rings. The quantitative estimate of drug-likeness (QED) is 0.706. The van der Waals surface area contributed by atoms with Crippen molar-refractivity contribution in [2.45, 2.75) is 18.4 Å². The van der Waals surface area contributed by atoms with Crippen molar-refractivity contribution >= 4 is 5.84 Å². The van der Waals surface area contributed by atoms with E-state index in [1.165, 1.54) is 14.2 Å². The normalized spacial score (nSPS) is 28.6. The van der Waals surface area contributed by atoms with E-state index in [1.807, 2.05) is 54.6 Å². The molecule has 0 radical (unpaired) electrons. The molecule has 4 rings (SSSR count). The third-order valence-corrected chi connectivity index (χ3v) is 6.02. The van der Waals surface area contributed by atoms with Crippen LogP contribution in [0.3, 0.4) is 0 Å². The Bertz CT molecular complexity index is 1050. The number of fused-ring (bicyclic) bond motifs is 1. The highest BCUT2D eigenvalue weighted by atomic mass is 16.7. The van der Waals surface area contributed by atoms with Gasteiger partial charge in [-0.2, -0.15) is 10.5 Å². The molecule has 1 aliphatic heterocycles. The standard InChI is InChI=1S/C22H20N4O3/c1-27-22(28-2)21(14-24)18(20(21,13-23)19(25)26-22)16-9-6-10-17(11-16)29-12-15-7-4-3-5-8-15/h3-11,18H,12H2,1-2H3,(H2,25,26)/p+1. The smallest absolute Gasteiger partial charge is 0.342 e. The second-order valence-electron chi connectivity index (χ2n) is 7.18. The molecule has 1 aliphatic carbocycles. The number of nitrogens with one attached hydrogen (secondary N) is 1. The summed E-state index contributed by atoms with van der Waals surface area (Å²) in [5.74, 6) is -1.21. The van der Waals surface area contributed by atoms with Gasteiger partial charge in [-0.05, 0) is 23.3 Å². The maximum Gasteiger partial charge on any atom is 0.342 e. The zero-order valence-corrected chi connectivity index (χ0v) is 16.2. The molecule has 3 atom stereocenters. The zero-order valence-electron chi connectivity index (χ0n) is 16.2. The van der Waals surface area contributed by atoms with Crippen molar-refractivity contribution in [3.63, 3.8) is 0 Å². The average molecular weight is 389 g/mol. The lowest BCUT2D eigenvalue weighted by atomic mass is 9.93. The van der Waals surface area contributed by atoms with Gasteiger partial charge in [-0.25, -0.2) is 4.99 Å². The van der Waals surface area contributed by atoms with Crippen molar-refractivity contribution in [1.82, 2.24) is 0 Å².